The van der Waals surface area contributed by atoms with Crippen molar-refractivity contribution in [3.8, 4) is 5.75 Å². The molecule has 0 radical (unpaired) electrons. The van der Waals surface area contributed by atoms with Crippen molar-refractivity contribution in [3.05, 3.63) is 57.8 Å². The summed E-state index contributed by atoms with van der Waals surface area (Å²) in [7, 11) is 3.34. The molecule has 3 aromatic rings. The normalized spacial score (nSPS) is 14.8. The summed E-state index contributed by atoms with van der Waals surface area (Å²) in [5.41, 5.74) is 0.481. The van der Waals surface area contributed by atoms with Crippen LogP contribution in [-0.4, -0.2) is 86.1 Å². The van der Waals surface area contributed by atoms with Gasteiger partial charge in [0.05, 0.1) is 18.9 Å². The van der Waals surface area contributed by atoms with Crippen LogP contribution in [0.2, 0.25) is 0 Å². The molecule has 9 nitrogen and oxygen atoms in total. The number of fused-ring (bicyclic) bond motifs is 1. The summed E-state index contributed by atoms with van der Waals surface area (Å²) in [6.45, 7) is 10.7. The van der Waals surface area contributed by atoms with E-state index in [0.29, 0.717) is 28.5 Å². The van der Waals surface area contributed by atoms with Crippen LogP contribution < -0.4 is 10.1 Å². The van der Waals surface area contributed by atoms with Gasteiger partial charge in [-0.3, -0.25) is 14.5 Å². The molecular formula is C29H36N4O5S. The first-order valence-corrected chi connectivity index (χ1v) is 13.8. The summed E-state index contributed by atoms with van der Waals surface area (Å²) in [6, 6.07) is 12.9. The van der Waals surface area contributed by atoms with E-state index in [2.05, 4.69) is 15.4 Å². The average molecular weight is 553 g/mol. The lowest BCUT2D eigenvalue weighted by atomic mass is 9.94. The van der Waals surface area contributed by atoms with Gasteiger partial charge in [-0.1, -0.05) is 50.2 Å². The summed E-state index contributed by atoms with van der Waals surface area (Å²) in [5, 5.41) is 17.7. The SMILES string of the molecule is CN(C)C(=O)c1sc(C(C)(C)C)cc1NC(=O)C(=NO)c1ccc(OCCN2CCOCC2)c2ccccc12. The molecule has 1 aliphatic heterocycles. The van der Waals surface area contributed by atoms with E-state index in [1.165, 1.54) is 16.2 Å². The van der Waals surface area contributed by atoms with Gasteiger partial charge in [0.25, 0.3) is 11.8 Å². The zero-order valence-electron chi connectivity index (χ0n) is 23.1. The molecule has 1 aromatic heterocycles. The number of nitrogens with one attached hydrogen (secondary N) is 1. The summed E-state index contributed by atoms with van der Waals surface area (Å²) >= 11 is 1.35. The molecule has 39 heavy (non-hydrogen) atoms. The third-order valence-electron chi connectivity index (χ3n) is 6.54. The maximum absolute atomic E-state index is 13.5. The van der Waals surface area contributed by atoms with Gasteiger partial charge in [0, 0.05) is 49.6 Å². The van der Waals surface area contributed by atoms with Crippen LogP contribution in [0.5, 0.6) is 5.75 Å². The van der Waals surface area contributed by atoms with Crippen molar-refractivity contribution >= 4 is 45.3 Å². The second-order valence-electron chi connectivity index (χ2n) is 10.7. The van der Waals surface area contributed by atoms with Crippen molar-refractivity contribution in [2.24, 2.45) is 5.16 Å². The molecule has 4 rings (SSSR count). The van der Waals surface area contributed by atoms with E-state index < -0.39 is 5.91 Å². The number of ether oxygens (including phenoxy) is 2. The minimum atomic E-state index is -0.616. The molecule has 0 saturated carbocycles. The van der Waals surface area contributed by atoms with Crippen LogP contribution in [0.3, 0.4) is 0 Å². The fourth-order valence-corrected chi connectivity index (χ4v) is 5.52. The van der Waals surface area contributed by atoms with Gasteiger partial charge in [-0.15, -0.1) is 11.3 Å². The number of nitrogens with zero attached hydrogens (tertiary/aromatic N) is 3. The minimum absolute atomic E-state index is 0.155. The lowest BCUT2D eigenvalue weighted by Crippen LogP contribution is -2.38. The van der Waals surface area contributed by atoms with Crippen molar-refractivity contribution in [1.29, 1.82) is 0 Å². The average Bonchev–Trinajstić information content (AvgIpc) is 3.34. The Kier molecular flexibility index (Phi) is 8.89. The number of amides is 2. The van der Waals surface area contributed by atoms with Crippen LogP contribution in [0, 0.1) is 0 Å². The van der Waals surface area contributed by atoms with Crippen molar-refractivity contribution in [1.82, 2.24) is 9.80 Å². The Hall–Kier alpha value is -3.47. The lowest BCUT2D eigenvalue weighted by Gasteiger charge is -2.26. The second kappa shape index (κ2) is 12.1. The molecule has 0 atom stereocenters. The molecule has 0 aliphatic carbocycles. The molecule has 1 fully saturated rings. The van der Waals surface area contributed by atoms with Gasteiger partial charge in [0.15, 0.2) is 5.71 Å². The van der Waals surface area contributed by atoms with Gasteiger partial charge in [0.1, 0.15) is 17.2 Å². The van der Waals surface area contributed by atoms with E-state index in [-0.39, 0.29) is 17.0 Å². The maximum atomic E-state index is 13.5. The monoisotopic (exact) mass is 552 g/mol. The van der Waals surface area contributed by atoms with Crippen molar-refractivity contribution in [2.45, 2.75) is 26.2 Å². The Balaban J connectivity index is 1.60. The van der Waals surface area contributed by atoms with Crippen LogP contribution in [-0.2, 0) is 14.9 Å². The highest BCUT2D eigenvalue weighted by Crippen LogP contribution is 2.36. The fraction of sp³-hybridized carbons (Fsp3) is 0.414. The molecule has 1 aliphatic rings. The number of oxime groups is 1. The minimum Gasteiger partial charge on any atom is -0.492 e. The van der Waals surface area contributed by atoms with Crippen LogP contribution in [0.1, 0.15) is 40.9 Å². The van der Waals surface area contributed by atoms with Crippen LogP contribution in [0.15, 0.2) is 47.6 Å². The summed E-state index contributed by atoms with van der Waals surface area (Å²) < 4.78 is 11.5. The Morgan fingerprint density at radius 2 is 1.82 bits per heavy atom. The standard InChI is InChI=1S/C29H36N4O5S/c1-29(2,3)24-18-22(26(39-24)28(35)32(4)5)30-27(34)25(31-36)21-10-11-23(20-9-7-6-8-19(20)21)38-17-14-33-12-15-37-16-13-33/h6-11,18,36H,12-17H2,1-5H3,(H,30,34). The molecule has 0 unspecified atom stereocenters. The molecule has 2 N–H and O–H groups in total. The number of carbonyl (C=O) groups excluding carboxylic acids is 2. The van der Waals surface area contributed by atoms with Crippen molar-refractivity contribution < 1.29 is 24.3 Å². The van der Waals surface area contributed by atoms with Crippen molar-refractivity contribution in [2.75, 3.05) is 58.9 Å². The quantitative estimate of drug-likeness (QED) is 0.244. The van der Waals surface area contributed by atoms with Gasteiger partial charge < -0.3 is 24.9 Å². The first kappa shape index (κ1) is 28.5. The Labute approximate surface area is 233 Å². The van der Waals surface area contributed by atoms with Crippen LogP contribution in [0.4, 0.5) is 5.69 Å². The highest BCUT2D eigenvalue weighted by Gasteiger charge is 2.27. The highest BCUT2D eigenvalue weighted by molar-refractivity contribution is 7.14. The van der Waals surface area contributed by atoms with Gasteiger partial charge >= 0.3 is 0 Å². The molecule has 2 heterocycles. The summed E-state index contributed by atoms with van der Waals surface area (Å²) in [5.74, 6) is -0.140. The van der Waals surface area contributed by atoms with Crippen molar-refractivity contribution in [3.63, 3.8) is 0 Å². The van der Waals surface area contributed by atoms with Crippen LogP contribution >= 0.6 is 11.3 Å². The molecule has 1 saturated heterocycles. The smallest absolute Gasteiger partial charge is 0.278 e. The van der Waals surface area contributed by atoms with E-state index in [1.54, 1.807) is 26.2 Å². The molecule has 0 bridgehead atoms. The molecule has 10 heteroatoms. The first-order valence-electron chi connectivity index (χ1n) is 12.9. The molecular weight excluding hydrogens is 516 g/mol. The third-order valence-corrected chi connectivity index (χ3v) is 8.09. The molecule has 2 aromatic carbocycles. The predicted octanol–water partition coefficient (Wildman–Crippen LogP) is 4.43. The Morgan fingerprint density at radius 1 is 1.13 bits per heavy atom. The van der Waals surface area contributed by atoms with Gasteiger partial charge in [0.2, 0.25) is 0 Å². The van der Waals surface area contributed by atoms with Gasteiger partial charge in [-0.05, 0) is 29.0 Å². The number of benzene rings is 2. The zero-order valence-corrected chi connectivity index (χ0v) is 23.9. The van der Waals surface area contributed by atoms with E-state index >= 15 is 0 Å². The highest BCUT2D eigenvalue weighted by atomic mass is 32.1. The Bertz CT molecular complexity index is 1370. The molecule has 0 spiro atoms. The topological polar surface area (TPSA) is 104 Å². The van der Waals surface area contributed by atoms with E-state index in [1.807, 2.05) is 51.1 Å². The number of hydrogen-bond donors (Lipinski definition) is 2. The third kappa shape index (κ3) is 6.58. The Morgan fingerprint density at radius 3 is 2.46 bits per heavy atom. The zero-order chi connectivity index (χ0) is 28.2. The number of rotatable bonds is 8. The number of hydrogen-bond acceptors (Lipinski definition) is 8. The first-order chi connectivity index (χ1) is 18.6. The number of carbonyl (C=O) groups is 2. The van der Waals surface area contributed by atoms with Gasteiger partial charge in [-0.2, -0.15) is 0 Å². The number of morpholine rings is 1. The fourth-order valence-electron chi connectivity index (χ4n) is 4.33. The number of thiophene rings is 1. The lowest BCUT2D eigenvalue weighted by molar-refractivity contribution is -0.110. The van der Waals surface area contributed by atoms with Crippen LogP contribution in [0.25, 0.3) is 10.8 Å². The number of anilines is 1. The van der Waals surface area contributed by atoms with E-state index in [4.69, 9.17) is 9.47 Å². The summed E-state index contributed by atoms with van der Waals surface area (Å²) in [4.78, 5) is 31.5. The second-order valence-corrected chi connectivity index (χ2v) is 11.7. The van der Waals surface area contributed by atoms with E-state index in [0.717, 1.165) is 48.5 Å². The van der Waals surface area contributed by atoms with E-state index in [9.17, 15) is 14.8 Å². The largest absolute Gasteiger partial charge is 0.492 e. The predicted molar refractivity (Wildman–Crippen MR) is 155 cm³/mol. The molecule has 2 amide bonds. The maximum Gasteiger partial charge on any atom is 0.278 e. The summed E-state index contributed by atoms with van der Waals surface area (Å²) in [6.07, 6.45) is 0. The van der Waals surface area contributed by atoms with Gasteiger partial charge in [-0.25, -0.2) is 0 Å². The molecule has 208 valence electrons.